The highest BCUT2D eigenvalue weighted by Crippen LogP contribution is 2.66. The molecule has 11 atom stereocenters. The van der Waals surface area contributed by atoms with Gasteiger partial charge in [0.1, 0.15) is 28.0 Å². The fourth-order valence-corrected chi connectivity index (χ4v) is 22.8. The van der Waals surface area contributed by atoms with Gasteiger partial charge < -0.3 is 23.7 Å². The molecule has 0 aromatic carbocycles. The lowest BCUT2D eigenvalue weighted by atomic mass is 9.46. The first-order valence-corrected chi connectivity index (χ1v) is 41.3. The predicted molar refractivity (Wildman–Crippen MR) is 459 cm³/mol. The van der Waals surface area contributed by atoms with Crippen LogP contribution in [0.2, 0.25) is 0 Å². The van der Waals surface area contributed by atoms with Crippen LogP contribution in [0.4, 0.5) is 0 Å². The molecule has 10 nitrogen and oxygen atoms in total. The molecule has 10 heteroatoms. The lowest BCUT2D eigenvalue weighted by Crippen LogP contribution is -2.58. The molecular formula is C97H188O10. The summed E-state index contributed by atoms with van der Waals surface area (Å²) in [7, 11) is 0. The van der Waals surface area contributed by atoms with Crippen molar-refractivity contribution < 1.29 is 47.7 Å². The highest BCUT2D eigenvalue weighted by Gasteiger charge is 2.63. The number of carbonyl (C=O) groups excluding carboxylic acids is 5. The zero-order chi connectivity index (χ0) is 71.3. The highest BCUT2D eigenvalue weighted by atomic mass is 16.6. The maximum absolute atomic E-state index is 12.6. The smallest absolute Gasteiger partial charge is 0.312 e. The summed E-state index contributed by atoms with van der Waals surface area (Å²) in [5, 5.41) is 0. The van der Waals surface area contributed by atoms with Gasteiger partial charge in [0.2, 0.25) is 0 Å². The fourth-order valence-electron chi connectivity index (χ4n) is 22.8. The van der Waals surface area contributed by atoms with Crippen molar-refractivity contribution in [1.29, 1.82) is 0 Å². The molecule has 0 radical (unpaired) electrons. The summed E-state index contributed by atoms with van der Waals surface area (Å²) < 4.78 is 30.3. The van der Waals surface area contributed by atoms with Gasteiger partial charge in [-0.05, 0) is 361 Å². The van der Waals surface area contributed by atoms with E-state index in [1.165, 1.54) is 167 Å². The molecule has 0 heterocycles. The van der Waals surface area contributed by atoms with Crippen LogP contribution >= 0.6 is 0 Å². The molecule has 10 bridgehead atoms. The third kappa shape index (κ3) is 23.1. The molecule has 636 valence electrons. The normalized spacial score (nSPS) is 36.0. The van der Waals surface area contributed by atoms with Gasteiger partial charge in [-0.3, -0.25) is 24.0 Å². The zero-order valence-corrected chi connectivity index (χ0v) is 66.5. The monoisotopic (exact) mass is 1510 g/mol. The number of carbonyl (C=O) groups is 5. The average Bonchev–Trinajstić information content (AvgIpc) is 1.64. The molecule has 15 rings (SSSR count). The van der Waals surface area contributed by atoms with Gasteiger partial charge in [-0.15, -0.1) is 0 Å². The van der Waals surface area contributed by atoms with Crippen molar-refractivity contribution >= 4 is 29.8 Å². The Kier molecular flexibility index (Phi) is 40.3. The summed E-state index contributed by atoms with van der Waals surface area (Å²) in [5.41, 5.74) is -2.52. The van der Waals surface area contributed by atoms with Gasteiger partial charge in [0.05, 0.1) is 27.1 Å². The number of rotatable bonds is 16. The first kappa shape index (κ1) is 106. The largest absolute Gasteiger partial charge is 0.459 e. The first-order valence-electron chi connectivity index (χ1n) is 41.3. The Hall–Kier alpha value is -2.65. The van der Waals surface area contributed by atoms with Crippen LogP contribution in [0.15, 0.2) is 0 Å². The van der Waals surface area contributed by atoms with Gasteiger partial charge in [0.25, 0.3) is 0 Å². The van der Waals surface area contributed by atoms with Crippen molar-refractivity contribution in [3.8, 4) is 0 Å². The van der Waals surface area contributed by atoms with Gasteiger partial charge in [-0.25, -0.2) is 0 Å². The van der Waals surface area contributed by atoms with E-state index < -0.39 is 0 Å². The molecule has 0 saturated heterocycles. The van der Waals surface area contributed by atoms with Gasteiger partial charge in [-0.2, -0.15) is 0 Å². The molecule has 0 N–H and O–H groups in total. The minimum atomic E-state index is -0.362. The average molecular weight is 1510 g/mol. The first-order chi connectivity index (χ1) is 45.1. The molecule has 0 aromatic rings. The molecule has 0 spiro atoms. The highest BCUT2D eigenvalue weighted by molar-refractivity contribution is 5.78. The van der Waals surface area contributed by atoms with E-state index >= 15 is 0 Å². The van der Waals surface area contributed by atoms with Gasteiger partial charge >= 0.3 is 29.8 Å². The molecule has 15 fully saturated rings. The minimum Gasteiger partial charge on any atom is -0.459 e. The Balaban J connectivity index is 0. The Morgan fingerprint density at radius 2 is 0.692 bits per heavy atom. The van der Waals surface area contributed by atoms with E-state index in [1.807, 2.05) is 69.2 Å². The summed E-state index contributed by atoms with van der Waals surface area (Å²) in [4.78, 5) is 62.2. The summed E-state index contributed by atoms with van der Waals surface area (Å²) in [6.07, 6.45) is 43.4. The van der Waals surface area contributed by atoms with Crippen LogP contribution < -0.4 is 0 Å². The molecule has 15 aliphatic rings. The third-order valence-corrected chi connectivity index (χ3v) is 31.4. The maximum Gasteiger partial charge on any atom is 0.312 e. The second-order valence-electron chi connectivity index (χ2n) is 40.6. The van der Waals surface area contributed by atoms with Crippen LogP contribution in [-0.4, -0.2) is 57.9 Å². The van der Waals surface area contributed by atoms with Crippen LogP contribution in [-0.2, 0) is 47.7 Å². The van der Waals surface area contributed by atoms with Crippen molar-refractivity contribution in [1.82, 2.24) is 0 Å². The number of hydrogen-bond donors (Lipinski definition) is 0. The van der Waals surface area contributed by atoms with Crippen molar-refractivity contribution in [2.45, 2.75) is 472 Å². The molecule has 15 saturated carbocycles. The van der Waals surface area contributed by atoms with E-state index in [0.29, 0.717) is 23.7 Å². The standard InChI is InChI=1S/C19H32O2.2C17H28O2.2C17H30O2.10CH4/c1-6-17(2,3)16(20)21-18(4,5)19-10-13-7-14(11-19)9-15(8-13)12-19;1-5-16(2,3)15(18)19-17(4)13-7-11-6-12(9-13)10-14(17)8-11;1-5-16(2,3)15(18)19-17(4)10-11-9-14(17)13-8-6-7-12(11)13;1-5-16(2,3)15(18)19-17(4)12-8-10-13-9-6-7-11-14(13)17;1-5-16(2,3)15(18)19-17(4)11-10-13-8-6-7-9-14(13)12-17;;;;;;;;;;/h13-15H,6-12H2,1-5H3;2*11-14H,5-10H2,1-4H3;2*13-14H,5-12H2,1-4H3;10*1H4. The van der Waals surface area contributed by atoms with Crippen molar-refractivity contribution in [3.63, 3.8) is 0 Å². The number of ether oxygens (including phenoxy) is 5. The van der Waals surface area contributed by atoms with E-state index in [2.05, 4.69) is 76.2 Å². The van der Waals surface area contributed by atoms with Gasteiger partial charge in [-0.1, -0.05) is 160 Å². The van der Waals surface area contributed by atoms with Crippen molar-refractivity contribution in [2.75, 3.05) is 0 Å². The molecule has 107 heavy (non-hydrogen) atoms. The maximum atomic E-state index is 12.6. The SMILES string of the molecule is C.C.C.C.C.C.C.C.C.C.CCC(C)(C)C(=O)OC(C)(C)C12CC3CC(CC(C3)C1)C2.CCC(C)(C)C(=O)OC1(C)C2CC3CC(C2)CC1C3.CCC(C)(C)C(=O)OC1(C)CC2CC1C1CCCC21.CCC(C)(C)C(=O)OC1(C)CCC2CCCCC2C1.CCC(C)(C)C(=O)OC1(C)CCCC2CCCCC21. The Labute approximate surface area is 667 Å². The molecule has 15 aliphatic carbocycles. The van der Waals surface area contributed by atoms with Gasteiger partial charge in [0.15, 0.2) is 0 Å². The van der Waals surface area contributed by atoms with Crippen LogP contribution in [0.25, 0.3) is 0 Å². The van der Waals surface area contributed by atoms with Crippen molar-refractivity contribution in [2.24, 2.45) is 121 Å². The second-order valence-corrected chi connectivity index (χ2v) is 40.6. The molecular weight excluding hydrogens is 1330 g/mol. The van der Waals surface area contributed by atoms with E-state index in [0.717, 1.165) is 123 Å². The molecule has 0 aromatic heterocycles. The van der Waals surface area contributed by atoms with Crippen LogP contribution in [0.1, 0.15) is 444 Å². The fraction of sp³-hybridized carbons (Fsp3) is 0.948. The third-order valence-electron chi connectivity index (χ3n) is 31.4. The summed E-state index contributed by atoms with van der Waals surface area (Å²) in [6, 6.07) is 0. The number of esters is 5. The predicted octanol–water partition coefficient (Wildman–Crippen LogP) is 29.1. The summed E-state index contributed by atoms with van der Waals surface area (Å²) in [5.74, 6) is 12.2. The van der Waals surface area contributed by atoms with Crippen molar-refractivity contribution in [3.05, 3.63) is 0 Å². The topological polar surface area (TPSA) is 132 Å². The van der Waals surface area contributed by atoms with Gasteiger partial charge in [0, 0.05) is 17.3 Å². The van der Waals surface area contributed by atoms with E-state index in [1.54, 1.807) is 0 Å². The zero-order valence-electron chi connectivity index (χ0n) is 66.5. The summed E-state index contributed by atoms with van der Waals surface area (Å²) >= 11 is 0. The molecule has 11 unspecified atom stereocenters. The van der Waals surface area contributed by atoms with Crippen LogP contribution in [0.5, 0.6) is 0 Å². The second kappa shape index (κ2) is 40.6. The van der Waals surface area contributed by atoms with Crippen LogP contribution in [0.3, 0.4) is 0 Å². The minimum absolute atomic E-state index is 0. The Morgan fingerprint density at radius 1 is 0.318 bits per heavy atom. The lowest BCUT2D eigenvalue weighted by Gasteiger charge is -2.61. The quantitative estimate of drug-likeness (QED) is 0.109. The number of fused-ring (bicyclic) bond motifs is 7. The Bertz CT molecular complexity index is 2640. The Morgan fingerprint density at radius 3 is 1.15 bits per heavy atom. The van der Waals surface area contributed by atoms with E-state index in [-0.39, 0.29) is 165 Å². The van der Waals surface area contributed by atoms with E-state index in [9.17, 15) is 24.0 Å². The molecule has 0 amide bonds. The summed E-state index contributed by atoms with van der Waals surface area (Å²) in [6.45, 7) is 43.5. The molecule has 0 aliphatic heterocycles. The lowest BCUT2D eigenvalue weighted by molar-refractivity contribution is -0.211. The number of hydrogen-bond acceptors (Lipinski definition) is 10. The van der Waals surface area contributed by atoms with Crippen LogP contribution in [0, 0.1) is 121 Å². The van der Waals surface area contributed by atoms with E-state index in [4.69, 9.17) is 23.7 Å².